The predicted molar refractivity (Wildman–Crippen MR) is 72.2 cm³/mol. The highest BCUT2D eigenvalue weighted by Crippen LogP contribution is 2.37. The number of carbonyl (C=O) groups excluding carboxylic acids is 1. The Labute approximate surface area is 113 Å². The third-order valence-electron chi connectivity index (χ3n) is 2.45. The molecule has 0 aliphatic heterocycles. The Hall–Kier alpha value is -3.09. The number of anilines is 2. The second kappa shape index (κ2) is 5.27. The number of carbonyl (C=O) groups is 1. The zero-order valence-corrected chi connectivity index (χ0v) is 10.2. The first kappa shape index (κ1) is 13.3. The summed E-state index contributed by atoms with van der Waals surface area (Å²) >= 11 is 0. The third-order valence-corrected chi connectivity index (χ3v) is 2.45. The van der Waals surface area contributed by atoms with Gasteiger partial charge in [0.15, 0.2) is 17.2 Å². The quantitative estimate of drug-likeness (QED) is 0.370. The number of urea groups is 1. The maximum Gasteiger partial charge on any atom is 0.323 e. The largest absolute Gasteiger partial charge is 0.508 e. The monoisotopic (exact) mass is 276 g/mol. The van der Waals surface area contributed by atoms with Gasteiger partial charge < -0.3 is 31.1 Å². The maximum absolute atomic E-state index is 11.7. The Morgan fingerprint density at radius 1 is 0.800 bits per heavy atom. The van der Waals surface area contributed by atoms with Crippen molar-refractivity contribution in [3.8, 4) is 23.0 Å². The van der Waals surface area contributed by atoms with Gasteiger partial charge in [-0.15, -0.1) is 0 Å². The summed E-state index contributed by atoms with van der Waals surface area (Å²) in [4.78, 5) is 11.7. The molecule has 0 saturated heterocycles. The number of aromatic hydroxyl groups is 4. The third kappa shape index (κ3) is 3.02. The fraction of sp³-hybridized carbons (Fsp3) is 0. The summed E-state index contributed by atoms with van der Waals surface area (Å²) in [6.45, 7) is 0. The van der Waals surface area contributed by atoms with Gasteiger partial charge in [-0.2, -0.15) is 0 Å². The van der Waals surface area contributed by atoms with E-state index in [1.165, 1.54) is 24.3 Å². The molecule has 0 aliphatic carbocycles. The second-order valence-electron chi connectivity index (χ2n) is 3.99. The van der Waals surface area contributed by atoms with Gasteiger partial charge in [-0.25, -0.2) is 4.79 Å². The van der Waals surface area contributed by atoms with E-state index in [4.69, 9.17) is 5.11 Å². The van der Waals surface area contributed by atoms with E-state index < -0.39 is 23.3 Å². The first-order chi connectivity index (χ1) is 9.45. The first-order valence-corrected chi connectivity index (χ1v) is 5.57. The van der Waals surface area contributed by atoms with Crippen LogP contribution in [0.5, 0.6) is 23.0 Å². The normalized spacial score (nSPS) is 10.0. The lowest BCUT2D eigenvalue weighted by atomic mass is 10.2. The Morgan fingerprint density at radius 3 is 1.85 bits per heavy atom. The van der Waals surface area contributed by atoms with E-state index in [2.05, 4.69) is 10.6 Å². The summed E-state index contributed by atoms with van der Waals surface area (Å²) in [5.41, 5.74) is 0.557. The van der Waals surface area contributed by atoms with E-state index in [0.717, 1.165) is 12.1 Å². The smallest absolute Gasteiger partial charge is 0.323 e. The van der Waals surface area contributed by atoms with Crippen molar-refractivity contribution in [1.82, 2.24) is 0 Å². The van der Waals surface area contributed by atoms with Crippen LogP contribution in [0.3, 0.4) is 0 Å². The Balaban J connectivity index is 2.06. The van der Waals surface area contributed by atoms with Crippen LogP contribution in [0.4, 0.5) is 16.2 Å². The lowest BCUT2D eigenvalue weighted by Crippen LogP contribution is -2.19. The highest BCUT2D eigenvalue weighted by Gasteiger charge is 2.10. The molecule has 0 atom stereocenters. The zero-order valence-electron chi connectivity index (χ0n) is 10.2. The van der Waals surface area contributed by atoms with Crippen LogP contribution >= 0.6 is 0 Å². The van der Waals surface area contributed by atoms with Crippen LogP contribution in [0.2, 0.25) is 0 Å². The summed E-state index contributed by atoms with van der Waals surface area (Å²) < 4.78 is 0. The number of phenols is 4. The van der Waals surface area contributed by atoms with E-state index in [1.54, 1.807) is 0 Å². The number of nitrogens with one attached hydrogen (secondary N) is 2. The van der Waals surface area contributed by atoms with Crippen molar-refractivity contribution >= 4 is 17.4 Å². The Morgan fingerprint density at radius 2 is 1.30 bits per heavy atom. The van der Waals surface area contributed by atoms with Crippen LogP contribution in [0.15, 0.2) is 36.4 Å². The molecule has 2 rings (SSSR count). The molecule has 0 aliphatic rings. The van der Waals surface area contributed by atoms with Gasteiger partial charge in [0.25, 0.3) is 0 Å². The van der Waals surface area contributed by atoms with Gasteiger partial charge in [-0.05, 0) is 24.3 Å². The minimum Gasteiger partial charge on any atom is -0.508 e. The molecule has 0 fully saturated rings. The molecule has 7 heteroatoms. The topological polar surface area (TPSA) is 122 Å². The van der Waals surface area contributed by atoms with E-state index >= 15 is 0 Å². The first-order valence-electron chi connectivity index (χ1n) is 5.57. The molecule has 0 saturated carbocycles. The second-order valence-corrected chi connectivity index (χ2v) is 3.99. The lowest BCUT2D eigenvalue weighted by Gasteiger charge is -2.09. The van der Waals surface area contributed by atoms with Gasteiger partial charge in [0, 0.05) is 17.8 Å². The van der Waals surface area contributed by atoms with Gasteiger partial charge in [0.2, 0.25) is 0 Å². The molecule has 2 amide bonds. The van der Waals surface area contributed by atoms with Crippen molar-refractivity contribution in [2.24, 2.45) is 0 Å². The Kier molecular flexibility index (Phi) is 3.52. The van der Waals surface area contributed by atoms with E-state index in [0.29, 0.717) is 5.69 Å². The molecule has 0 bridgehead atoms. The van der Waals surface area contributed by atoms with Gasteiger partial charge >= 0.3 is 6.03 Å². The molecule has 20 heavy (non-hydrogen) atoms. The number of rotatable bonds is 2. The molecule has 104 valence electrons. The van der Waals surface area contributed by atoms with Crippen LogP contribution < -0.4 is 10.6 Å². The number of hydrogen-bond donors (Lipinski definition) is 6. The number of hydrogen-bond acceptors (Lipinski definition) is 5. The molecular formula is C13H12N2O5. The molecule has 0 radical (unpaired) electrons. The highest BCUT2D eigenvalue weighted by molar-refractivity contribution is 6.00. The zero-order chi connectivity index (χ0) is 14.7. The highest BCUT2D eigenvalue weighted by atomic mass is 16.3. The standard InChI is InChI=1S/C13H12N2O5/c16-9-3-1-7(2-4-9)14-13(20)15-8-5-10(17)12(19)11(18)6-8/h1-6,16-19H,(H2,14,15,20). The molecule has 0 spiro atoms. The van der Waals surface area contributed by atoms with Gasteiger partial charge in [0.1, 0.15) is 5.75 Å². The maximum atomic E-state index is 11.7. The lowest BCUT2D eigenvalue weighted by molar-refractivity contribution is 0.262. The summed E-state index contributed by atoms with van der Waals surface area (Å²) in [5.74, 6) is -1.69. The van der Waals surface area contributed by atoms with E-state index in [9.17, 15) is 20.1 Å². The average Bonchev–Trinajstić information content (AvgIpc) is 2.38. The van der Waals surface area contributed by atoms with Crippen molar-refractivity contribution in [2.45, 2.75) is 0 Å². The van der Waals surface area contributed by atoms with Crippen molar-refractivity contribution < 1.29 is 25.2 Å². The minimum atomic E-state index is -0.658. The van der Waals surface area contributed by atoms with Crippen molar-refractivity contribution in [3.63, 3.8) is 0 Å². The van der Waals surface area contributed by atoms with Gasteiger partial charge in [-0.3, -0.25) is 0 Å². The minimum absolute atomic E-state index is 0.0735. The number of benzene rings is 2. The van der Waals surface area contributed by atoms with Crippen LogP contribution in [-0.4, -0.2) is 26.5 Å². The Bertz CT molecular complexity index is 617. The van der Waals surface area contributed by atoms with Crippen LogP contribution in [0, 0.1) is 0 Å². The average molecular weight is 276 g/mol. The molecular weight excluding hydrogens is 264 g/mol. The summed E-state index contributed by atoms with van der Waals surface area (Å²) in [6, 6.07) is 7.39. The van der Waals surface area contributed by atoms with Gasteiger partial charge in [0.05, 0.1) is 5.69 Å². The fourth-order valence-corrected chi connectivity index (χ4v) is 1.51. The molecule has 0 heterocycles. The van der Waals surface area contributed by atoms with Gasteiger partial charge in [-0.1, -0.05) is 0 Å². The van der Waals surface area contributed by atoms with Crippen molar-refractivity contribution in [2.75, 3.05) is 10.6 Å². The summed E-state index contributed by atoms with van der Waals surface area (Å²) in [5, 5.41) is 41.7. The molecule has 2 aromatic rings. The van der Waals surface area contributed by atoms with Crippen LogP contribution in [-0.2, 0) is 0 Å². The SMILES string of the molecule is O=C(Nc1ccc(O)cc1)Nc1cc(O)c(O)c(O)c1. The number of phenolic OH excluding ortho intramolecular Hbond substituents is 4. The van der Waals surface area contributed by atoms with Crippen molar-refractivity contribution in [1.29, 1.82) is 0 Å². The fourth-order valence-electron chi connectivity index (χ4n) is 1.51. The van der Waals surface area contributed by atoms with E-state index in [-0.39, 0.29) is 11.4 Å². The van der Waals surface area contributed by atoms with Crippen molar-refractivity contribution in [3.05, 3.63) is 36.4 Å². The molecule has 7 nitrogen and oxygen atoms in total. The van der Waals surface area contributed by atoms with Crippen LogP contribution in [0.1, 0.15) is 0 Å². The molecule has 2 aromatic carbocycles. The summed E-state index contributed by atoms with van der Waals surface area (Å²) in [7, 11) is 0. The van der Waals surface area contributed by atoms with E-state index in [1.807, 2.05) is 0 Å². The summed E-state index contributed by atoms with van der Waals surface area (Å²) in [6.07, 6.45) is 0. The molecule has 0 aromatic heterocycles. The molecule has 6 N–H and O–H groups in total. The predicted octanol–water partition coefficient (Wildman–Crippen LogP) is 2.15. The number of amides is 2. The molecule has 0 unspecified atom stereocenters. The van der Waals surface area contributed by atoms with Crippen LogP contribution in [0.25, 0.3) is 0 Å².